The lowest BCUT2D eigenvalue weighted by molar-refractivity contribution is -0.148. The quantitative estimate of drug-likeness (QED) is 0.791. The van der Waals surface area contributed by atoms with E-state index in [0.717, 1.165) is 38.3 Å². The number of carbonyl (C=O) groups is 1. The Hall–Kier alpha value is -0.280. The van der Waals surface area contributed by atoms with E-state index < -0.39 is 0 Å². The molecular formula is C13H24ClNO2. The molecular weight excluding hydrogens is 238 g/mol. The van der Waals surface area contributed by atoms with Crippen LogP contribution in [0.3, 0.4) is 0 Å². The van der Waals surface area contributed by atoms with Crippen LogP contribution in [0.5, 0.6) is 0 Å². The van der Waals surface area contributed by atoms with Crippen molar-refractivity contribution in [3.05, 3.63) is 0 Å². The number of rotatable bonds is 4. The lowest BCUT2D eigenvalue weighted by Crippen LogP contribution is -2.28. The fourth-order valence-corrected chi connectivity index (χ4v) is 2.78. The molecule has 17 heavy (non-hydrogen) atoms. The summed E-state index contributed by atoms with van der Waals surface area (Å²) in [4.78, 5) is 11.7. The number of ether oxygens (including phenoxy) is 1. The standard InChI is InChI=1S/C13H23NO2.ClH/c15-13(12-3-1-2-4-12)16-10-7-11-5-8-14-9-6-11;/h11-12,14H,1-10H2;1H. The second-order valence-electron chi connectivity index (χ2n) is 5.13. The predicted octanol–water partition coefficient (Wildman–Crippen LogP) is 2.53. The number of carbonyl (C=O) groups excluding carboxylic acids is 1. The van der Waals surface area contributed by atoms with Crippen LogP contribution in [0, 0.1) is 11.8 Å². The molecule has 4 heteroatoms. The summed E-state index contributed by atoms with van der Waals surface area (Å²) in [6.07, 6.45) is 8.03. The van der Waals surface area contributed by atoms with E-state index in [1.807, 2.05) is 0 Å². The topological polar surface area (TPSA) is 38.3 Å². The molecule has 2 rings (SSSR count). The summed E-state index contributed by atoms with van der Waals surface area (Å²) in [5.74, 6) is 1.04. The van der Waals surface area contributed by atoms with Gasteiger partial charge >= 0.3 is 5.97 Å². The van der Waals surface area contributed by atoms with Crippen LogP contribution in [-0.4, -0.2) is 25.7 Å². The van der Waals surface area contributed by atoms with E-state index in [1.165, 1.54) is 25.7 Å². The summed E-state index contributed by atoms with van der Waals surface area (Å²) in [6, 6.07) is 0. The Labute approximate surface area is 110 Å². The van der Waals surface area contributed by atoms with Gasteiger partial charge in [0.2, 0.25) is 0 Å². The van der Waals surface area contributed by atoms with Crippen LogP contribution in [0.4, 0.5) is 0 Å². The maximum absolute atomic E-state index is 11.7. The van der Waals surface area contributed by atoms with Gasteiger partial charge in [-0.25, -0.2) is 0 Å². The number of hydrogen-bond acceptors (Lipinski definition) is 3. The average Bonchev–Trinajstić information content (AvgIpc) is 2.84. The highest BCUT2D eigenvalue weighted by molar-refractivity contribution is 5.85. The Balaban J connectivity index is 0.00000144. The van der Waals surface area contributed by atoms with Crippen LogP contribution < -0.4 is 5.32 Å². The number of halogens is 1. The predicted molar refractivity (Wildman–Crippen MR) is 70.4 cm³/mol. The van der Waals surface area contributed by atoms with Crippen LogP contribution in [0.2, 0.25) is 0 Å². The first kappa shape index (κ1) is 14.8. The summed E-state index contributed by atoms with van der Waals surface area (Å²) in [7, 11) is 0. The van der Waals surface area contributed by atoms with Gasteiger partial charge in [-0.15, -0.1) is 12.4 Å². The maximum Gasteiger partial charge on any atom is 0.308 e. The van der Waals surface area contributed by atoms with Crippen molar-refractivity contribution in [3.63, 3.8) is 0 Å². The Morgan fingerprint density at radius 2 is 1.76 bits per heavy atom. The van der Waals surface area contributed by atoms with E-state index in [9.17, 15) is 4.79 Å². The van der Waals surface area contributed by atoms with Crippen LogP contribution in [0.25, 0.3) is 0 Å². The smallest absolute Gasteiger partial charge is 0.308 e. The lowest BCUT2D eigenvalue weighted by Gasteiger charge is -2.22. The van der Waals surface area contributed by atoms with Crippen molar-refractivity contribution >= 4 is 18.4 Å². The van der Waals surface area contributed by atoms with Gasteiger partial charge in [-0.1, -0.05) is 12.8 Å². The highest BCUT2D eigenvalue weighted by atomic mass is 35.5. The number of hydrogen-bond donors (Lipinski definition) is 1. The van der Waals surface area contributed by atoms with Crippen LogP contribution in [0.15, 0.2) is 0 Å². The molecule has 2 aliphatic rings. The molecule has 0 aromatic rings. The van der Waals surface area contributed by atoms with Crippen molar-refractivity contribution in [3.8, 4) is 0 Å². The molecule has 2 fully saturated rings. The van der Waals surface area contributed by atoms with Gasteiger partial charge in [0.15, 0.2) is 0 Å². The fourth-order valence-electron chi connectivity index (χ4n) is 2.78. The molecule has 1 saturated heterocycles. The summed E-state index contributed by atoms with van der Waals surface area (Å²) in [5.41, 5.74) is 0. The van der Waals surface area contributed by atoms with E-state index in [0.29, 0.717) is 6.61 Å². The van der Waals surface area contributed by atoms with Gasteiger partial charge in [-0.3, -0.25) is 4.79 Å². The van der Waals surface area contributed by atoms with Gasteiger partial charge < -0.3 is 10.1 Å². The zero-order valence-corrected chi connectivity index (χ0v) is 11.3. The third kappa shape index (κ3) is 4.84. The molecule has 0 aromatic carbocycles. The largest absolute Gasteiger partial charge is 0.465 e. The van der Waals surface area contributed by atoms with Gasteiger partial charge in [-0.05, 0) is 51.1 Å². The van der Waals surface area contributed by atoms with Crippen molar-refractivity contribution in [2.75, 3.05) is 19.7 Å². The summed E-state index contributed by atoms with van der Waals surface area (Å²) in [6.45, 7) is 2.89. The van der Waals surface area contributed by atoms with Crippen molar-refractivity contribution in [1.29, 1.82) is 0 Å². The van der Waals surface area contributed by atoms with Crippen molar-refractivity contribution in [2.45, 2.75) is 44.9 Å². The monoisotopic (exact) mass is 261 g/mol. The third-order valence-electron chi connectivity index (χ3n) is 3.92. The highest BCUT2D eigenvalue weighted by Gasteiger charge is 2.24. The molecule has 1 aliphatic carbocycles. The van der Waals surface area contributed by atoms with E-state index >= 15 is 0 Å². The zero-order valence-electron chi connectivity index (χ0n) is 10.5. The maximum atomic E-state index is 11.7. The minimum atomic E-state index is 0. The Bertz CT molecular complexity index is 223. The molecule has 1 aliphatic heterocycles. The zero-order chi connectivity index (χ0) is 11.2. The molecule has 1 heterocycles. The highest BCUT2D eigenvalue weighted by Crippen LogP contribution is 2.26. The molecule has 1 saturated carbocycles. The minimum Gasteiger partial charge on any atom is -0.465 e. The summed E-state index contributed by atoms with van der Waals surface area (Å²) in [5, 5.41) is 3.35. The van der Waals surface area contributed by atoms with Crippen LogP contribution in [-0.2, 0) is 9.53 Å². The van der Waals surface area contributed by atoms with Gasteiger partial charge in [-0.2, -0.15) is 0 Å². The number of esters is 1. The Morgan fingerprint density at radius 1 is 1.12 bits per heavy atom. The molecule has 0 bridgehead atoms. The average molecular weight is 262 g/mol. The van der Waals surface area contributed by atoms with Crippen LogP contribution >= 0.6 is 12.4 Å². The van der Waals surface area contributed by atoms with E-state index in [-0.39, 0.29) is 24.3 Å². The van der Waals surface area contributed by atoms with Gasteiger partial charge in [0.25, 0.3) is 0 Å². The fraction of sp³-hybridized carbons (Fsp3) is 0.923. The van der Waals surface area contributed by atoms with Gasteiger partial charge in [0.1, 0.15) is 0 Å². The molecule has 0 radical (unpaired) electrons. The van der Waals surface area contributed by atoms with Gasteiger partial charge in [0, 0.05) is 0 Å². The lowest BCUT2D eigenvalue weighted by atomic mass is 9.95. The normalized spacial score (nSPS) is 22.1. The first-order chi connectivity index (χ1) is 7.86. The van der Waals surface area contributed by atoms with Crippen molar-refractivity contribution in [1.82, 2.24) is 5.32 Å². The van der Waals surface area contributed by atoms with Crippen molar-refractivity contribution < 1.29 is 9.53 Å². The summed E-state index contributed by atoms with van der Waals surface area (Å²) < 4.78 is 5.37. The first-order valence-corrected chi connectivity index (χ1v) is 6.73. The molecule has 0 amide bonds. The first-order valence-electron chi connectivity index (χ1n) is 6.73. The van der Waals surface area contributed by atoms with Crippen molar-refractivity contribution in [2.24, 2.45) is 11.8 Å². The molecule has 0 unspecified atom stereocenters. The molecule has 3 nitrogen and oxygen atoms in total. The molecule has 0 spiro atoms. The number of piperidine rings is 1. The molecule has 0 aromatic heterocycles. The SMILES string of the molecule is Cl.O=C(OCCC1CCNCC1)C1CCCC1. The molecule has 1 N–H and O–H groups in total. The Kier molecular flexibility index (Phi) is 6.90. The second kappa shape index (κ2) is 7.93. The summed E-state index contributed by atoms with van der Waals surface area (Å²) >= 11 is 0. The number of nitrogens with one attached hydrogen (secondary N) is 1. The van der Waals surface area contributed by atoms with E-state index in [1.54, 1.807) is 0 Å². The second-order valence-corrected chi connectivity index (χ2v) is 5.13. The minimum absolute atomic E-state index is 0. The van der Waals surface area contributed by atoms with Crippen LogP contribution in [0.1, 0.15) is 44.9 Å². The van der Waals surface area contributed by atoms with E-state index in [4.69, 9.17) is 4.74 Å². The molecule has 0 atom stereocenters. The molecule has 100 valence electrons. The third-order valence-corrected chi connectivity index (χ3v) is 3.92. The van der Waals surface area contributed by atoms with E-state index in [2.05, 4.69) is 5.32 Å². The Morgan fingerprint density at radius 3 is 2.41 bits per heavy atom. The van der Waals surface area contributed by atoms with Gasteiger partial charge in [0.05, 0.1) is 12.5 Å².